The summed E-state index contributed by atoms with van der Waals surface area (Å²) in [7, 11) is 0. The molecular weight excluding hydrogens is 353 g/mol. The van der Waals surface area contributed by atoms with Crippen molar-refractivity contribution >= 4 is 11.9 Å². The first kappa shape index (κ1) is 17.3. The maximum absolute atomic E-state index is 12.8. The Morgan fingerprint density at radius 1 is 1.19 bits per heavy atom. The van der Waals surface area contributed by atoms with E-state index in [2.05, 4.69) is 20.5 Å². The van der Waals surface area contributed by atoms with Gasteiger partial charge in [-0.15, -0.1) is 5.10 Å². The summed E-state index contributed by atoms with van der Waals surface area (Å²) >= 11 is 0. The van der Waals surface area contributed by atoms with Crippen LogP contribution in [0.2, 0.25) is 0 Å². The van der Waals surface area contributed by atoms with Gasteiger partial charge in [-0.25, -0.2) is 14.5 Å². The van der Waals surface area contributed by atoms with Crippen LogP contribution in [0.4, 0.5) is 23.8 Å². The van der Waals surface area contributed by atoms with Crippen LogP contribution in [0.15, 0.2) is 48.8 Å². The number of anilines is 1. The molecule has 8 nitrogen and oxygen atoms in total. The van der Waals surface area contributed by atoms with Crippen LogP contribution in [0.1, 0.15) is 11.3 Å². The van der Waals surface area contributed by atoms with Gasteiger partial charge < -0.3 is 5.11 Å². The van der Waals surface area contributed by atoms with Crippen LogP contribution in [0.5, 0.6) is 0 Å². The molecular formula is C15H11F3N6O2. The molecule has 1 aromatic carbocycles. The van der Waals surface area contributed by atoms with Crippen molar-refractivity contribution in [1.29, 1.82) is 0 Å². The van der Waals surface area contributed by atoms with Crippen molar-refractivity contribution < 1.29 is 23.1 Å². The zero-order chi connectivity index (χ0) is 18.7. The summed E-state index contributed by atoms with van der Waals surface area (Å²) in [6.45, 7) is -0.195. The summed E-state index contributed by atoms with van der Waals surface area (Å²) in [6.07, 6.45) is -4.73. The molecule has 11 heteroatoms. The molecule has 0 bridgehead atoms. The van der Waals surface area contributed by atoms with Gasteiger partial charge in [-0.1, -0.05) is 18.2 Å². The largest absolute Gasteiger partial charge is 0.465 e. The van der Waals surface area contributed by atoms with Crippen LogP contribution in [0, 0.1) is 0 Å². The van der Waals surface area contributed by atoms with Crippen LogP contribution < -0.4 is 4.90 Å². The number of aromatic nitrogens is 5. The zero-order valence-corrected chi connectivity index (χ0v) is 13.0. The molecule has 0 saturated carbocycles. The Labute approximate surface area is 144 Å². The summed E-state index contributed by atoms with van der Waals surface area (Å²) in [5.41, 5.74) is -0.0573. The summed E-state index contributed by atoms with van der Waals surface area (Å²) in [6, 6.07) is 9.71. The maximum Gasteiger partial charge on any atom is 0.433 e. The second-order valence-corrected chi connectivity index (χ2v) is 5.17. The van der Waals surface area contributed by atoms with Crippen LogP contribution in [-0.4, -0.2) is 36.4 Å². The van der Waals surface area contributed by atoms with E-state index in [1.165, 1.54) is 17.1 Å². The van der Waals surface area contributed by atoms with Crippen molar-refractivity contribution in [2.24, 2.45) is 0 Å². The van der Waals surface area contributed by atoms with Gasteiger partial charge in [0.1, 0.15) is 17.8 Å². The number of alkyl halides is 3. The van der Waals surface area contributed by atoms with E-state index >= 15 is 0 Å². The van der Waals surface area contributed by atoms with E-state index in [0.717, 1.165) is 17.0 Å². The highest BCUT2D eigenvalue weighted by Crippen LogP contribution is 2.29. The van der Waals surface area contributed by atoms with Gasteiger partial charge in [0.2, 0.25) is 0 Å². The van der Waals surface area contributed by atoms with Gasteiger partial charge in [0, 0.05) is 0 Å². The number of hydrogen-bond acceptors (Lipinski definition) is 5. The van der Waals surface area contributed by atoms with E-state index < -0.39 is 18.0 Å². The molecule has 0 radical (unpaired) electrons. The Morgan fingerprint density at radius 3 is 2.62 bits per heavy atom. The summed E-state index contributed by atoms with van der Waals surface area (Å²) in [4.78, 5) is 15.7. The standard InChI is InChI=1S/C15H11F3N6O2/c16-15(17,18)12-5-2-6-13(20-12)23(14(25)26)8-10-3-1-4-11(7-10)24-9-19-21-22-24/h1-7,9H,8H2,(H,25,26). The van der Waals surface area contributed by atoms with E-state index in [1.807, 2.05) is 0 Å². The Balaban J connectivity index is 1.91. The molecule has 0 atom stereocenters. The normalized spacial score (nSPS) is 11.3. The summed E-state index contributed by atoms with van der Waals surface area (Å²) in [5.74, 6) is -0.319. The lowest BCUT2D eigenvalue weighted by Crippen LogP contribution is -2.30. The van der Waals surface area contributed by atoms with Crippen LogP contribution in [0.3, 0.4) is 0 Å². The number of halogens is 3. The lowest BCUT2D eigenvalue weighted by molar-refractivity contribution is -0.141. The molecule has 1 N–H and O–H groups in total. The number of carboxylic acid groups (broad SMARTS) is 1. The predicted octanol–water partition coefficient (Wildman–Crippen LogP) is 2.76. The number of nitrogens with zero attached hydrogens (tertiary/aromatic N) is 6. The van der Waals surface area contributed by atoms with E-state index in [0.29, 0.717) is 11.3 Å². The Hall–Kier alpha value is -3.50. The minimum Gasteiger partial charge on any atom is -0.465 e. The van der Waals surface area contributed by atoms with Crippen molar-refractivity contribution in [3.05, 3.63) is 60.0 Å². The topological polar surface area (TPSA) is 97.0 Å². The number of pyridine rings is 1. The summed E-state index contributed by atoms with van der Waals surface area (Å²) < 4.78 is 39.8. The third-order valence-electron chi connectivity index (χ3n) is 3.40. The van der Waals surface area contributed by atoms with Gasteiger partial charge in [-0.05, 0) is 40.3 Å². The van der Waals surface area contributed by atoms with Gasteiger partial charge in [0.05, 0.1) is 12.2 Å². The molecule has 2 heterocycles. The van der Waals surface area contributed by atoms with E-state index in [9.17, 15) is 23.1 Å². The number of rotatable bonds is 4. The van der Waals surface area contributed by atoms with Crippen LogP contribution in [0.25, 0.3) is 5.69 Å². The molecule has 3 rings (SSSR count). The zero-order valence-electron chi connectivity index (χ0n) is 13.0. The second-order valence-electron chi connectivity index (χ2n) is 5.17. The molecule has 26 heavy (non-hydrogen) atoms. The fourth-order valence-electron chi connectivity index (χ4n) is 2.24. The molecule has 2 aromatic heterocycles. The number of amides is 1. The molecule has 0 saturated heterocycles. The van der Waals surface area contributed by atoms with Crippen molar-refractivity contribution in [2.75, 3.05) is 4.90 Å². The van der Waals surface area contributed by atoms with E-state index in [4.69, 9.17) is 0 Å². The van der Waals surface area contributed by atoms with Crippen molar-refractivity contribution in [3.8, 4) is 5.69 Å². The van der Waals surface area contributed by atoms with Gasteiger partial charge >= 0.3 is 12.3 Å². The Morgan fingerprint density at radius 2 is 1.96 bits per heavy atom. The highest BCUT2D eigenvalue weighted by atomic mass is 19.4. The number of benzene rings is 1. The average Bonchev–Trinajstić information content (AvgIpc) is 3.14. The van der Waals surface area contributed by atoms with Crippen molar-refractivity contribution in [2.45, 2.75) is 12.7 Å². The Bertz CT molecular complexity index is 914. The third kappa shape index (κ3) is 3.77. The quantitative estimate of drug-likeness (QED) is 0.765. The van der Waals surface area contributed by atoms with Gasteiger partial charge in [-0.3, -0.25) is 4.90 Å². The lowest BCUT2D eigenvalue weighted by atomic mass is 10.2. The first-order chi connectivity index (χ1) is 12.3. The van der Waals surface area contributed by atoms with Crippen LogP contribution >= 0.6 is 0 Å². The highest BCUT2D eigenvalue weighted by molar-refractivity contribution is 5.84. The average molecular weight is 364 g/mol. The SMILES string of the molecule is O=C(O)N(Cc1cccc(-n2cnnn2)c1)c1cccc(C(F)(F)F)n1. The predicted molar refractivity (Wildman–Crippen MR) is 82.6 cm³/mol. The summed E-state index contributed by atoms with van der Waals surface area (Å²) in [5, 5.41) is 20.1. The number of hydrogen-bond donors (Lipinski definition) is 1. The first-order valence-corrected chi connectivity index (χ1v) is 7.21. The van der Waals surface area contributed by atoms with Crippen molar-refractivity contribution in [1.82, 2.24) is 25.2 Å². The monoisotopic (exact) mass is 364 g/mol. The molecule has 0 spiro atoms. The minimum atomic E-state index is -4.67. The maximum atomic E-state index is 12.8. The molecule has 0 aliphatic carbocycles. The highest BCUT2D eigenvalue weighted by Gasteiger charge is 2.33. The first-order valence-electron chi connectivity index (χ1n) is 7.21. The second kappa shape index (κ2) is 6.78. The molecule has 0 aliphatic heterocycles. The number of carbonyl (C=O) groups is 1. The minimum absolute atomic E-state index is 0.195. The van der Waals surface area contributed by atoms with Gasteiger partial charge in [-0.2, -0.15) is 13.2 Å². The smallest absolute Gasteiger partial charge is 0.433 e. The molecule has 0 aliphatic rings. The van der Waals surface area contributed by atoms with Crippen LogP contribution in [-0.2, 0) is 12.7 Å². The molecule has 1 amide bonds. The molecule has 3 aromatic rings. The number of tetrazole rings is 1. The third-order valence-corrected chi connectivity index (χ3v) is 3.40. The molecule has 134 valence electrons. The fourth-order valence-corrected chi connectivity index (χ4v) is 2.24. The Kier molecular flexibility index (Phi) is 4.52. The molecule has 0 fully saturated rings. The lowest BCUT2D eigenvalue weighted by Gasteiger charge is -2.19. The molecule has 0 unspecified atom stereocenters. The van der Waals surface area contributed by atoms with Gasteiger partial charge in [0.15, 0.2) is 0 Å². The van der Waals surface area contributed by atoms with Crippen molar-refractivity contribution in [3.63, 3.8) is 0 Å². The fraction of sp³-hybridized carbons (Fsp3) is 0.133. The van der Waals surface area contributed by atoms with Gasteiger partial charge in [0.25, 0.3) is 0 Å². The van der Waals surface area contributed by atoms with E-state index in [-0.39, 0.29) is 12.4 Å². The van der Waals surface area contributed by atoms with E-state index in [1.54, 1.807) is 24.3 Å².